The van der Waals surface area contributed by atoms with Crippen LogP contribution in [-0.2, 0) is 12.8 Å². The van der Waals surface area contributed by atoms with Crippen LogP contribution in [0.1, 0.15) is 28.4 Å². The normalized spacial score (nSPS) is 10.2. The van der Waals surface area contributed by atoms with Gasteiger partial charge in [-0.1, -0.05) is 61.5 Å². The van der Waals surface area contributed by atoms with Crippen LogP contribution in [-0.4, -0.2) is 5.78 Å². The van der Waals surface area contributed by atoms with Gasteiger partial charge in [0.15, 0.2) is 5.78 Å². The highest BCUT2D eigenvalue weighted by molar-refractivity contribution is 5.97. The highest BCUT2D eigenvalue weighted by Crippen LogP contribution is 2.13. The third-order valence-electron chi connectivity index (χ3n) is 2.95. The lowest BCUT2D eigenvalue weighted by molar-refractivity contribution is 0.0992. The third-order valence-corrected chi connectivity index (χ3v) is 2.95. The van der Waals surface area contributed by atoms with E-state index in [1.807, 2.05) is 48.5 Å². The van der Waals surface area contributed by atoms with Crippen molar-refractivity contribution in [1.82, 2.24) is 0 Å². The molecule has 0 amide bonds. The zero-order chi connectivity index (χ0) is 12.1. The standard InChI is InChI=1S/C16H16O/c1-2-13-8-6-7-11-15(13)12-16(17)14-9-4-3-5-10-14/h3-11H,2,12H2,1H3. The number of aryl methyl sites for hydroxylation is 1. The van der Waals surface area contributed by atoms with Crippen LogP contribution in [0.2, 0.25) is 0 Å². The minimum absolute atomic E-state index is 0.187. The summed E-state index contributed by atoms with van der Waals surface area (Å²) in [5.74, 6) is 0.187. The molecule has 1 nitrogen and oxygen atoms in total. The summed E-state index contributed by atoms with van der Waals surface area (Å²) in [6, 6.07) is 17.6. The lowest BCUT2D eigenvalue weighted by Crippen LogP contribution is -2.05. The van der Waals surface area contributed by atoms with Gasteiger partial charge in [-0.25, -0.2) is 0 Å². The maximum absolute atomic E-state index is 12.1. The van der Waals surface area contributed by atoms with E-state index < -0.39 is 0 Å². The first-order chi connectivity index (χ1) is 8.31. The molecule has 17 heavy (non-hydrogen) atoms. The van der Waals surface area contributed by atoms with E-state index in [1.165, 1.54) is 5.56 Å². The Morgan fingerprint density at radius 1 is 0.882 bits per heavy atom. The Kier molecular flexibility index (Phi) is 3.71. The Morgan fingerprint density at radius 2 is 1.47 bits per heavy atom. The predicted molar refractivity (Wildman–Crippen MR) is 70.3 cm³/mol. The van der Waals surface area contributed by atoms with Gasteiger partial charge in [0.25, 0.3) is 0 Å². The molecule has 0 aliphatic heterocycles. The summed E-state index contributed by atoms with van der Waals surface area (Å²) >= 11 is 0. The van der Waals surface area contributed by atoms with Crippen LogP contribution < -0.4 is 0 Å². The Balaban J connectivity index is 2.19. The maximum atomic E-state index is 12.1. The van der Waals surface area contributed by atoms with Crippen molar-refractivity contribution in [3.05, 3.63) is 71.3 Å². The number of carbonyl (C=O) groups excluding carboxylic acids is 1. The monoisotopic (exact) mass is 224 g/mol. The van der Waals surface area contributed by atoms with E-state index in [0.717, 1.165) is 17.5 Å². The third kappa shape index (κ3) is 2.82. The zero-order valence-electron chi connectivity index (χ0n) is 10.0. The van der Waals surface area contributed by atoms with E-state index >= 15 is 0 Å². The molecule has 86 valence electrons. The highest BCUT2D eigenvalue weighted by atomic mass is 16.1. The van der Waals surface area contributed by atoms with Crippen LogP contribution in [0.5, 0.6) is 0 Å². The topological polar surface area (TPSA) is 17.1 Å². The Bertz CT molecular complexity index is 500. The van der Waals surface area contributed by atoms with E-state index in [2.05, 4.69) is 13.0 Å². The van der Waals surface area contributed by atoms with Crippen molar-refractivity contribution < 1.29 is 4.79 Å². The molecule has 0 aromatic heterocycles. The summed E-state index contributed by atoms with van der Waals surface area (Å²) in [6.07, 6.45) is 1.46. The summed E-state index contributed by atoms with van der Waals surface area (Å²) in [6.45, 7) is 2.12. The average molecular weight is 224 g/mol. The molecule has 0 fully saturated rings. The van der Waals surface area contributed by atoms with Gasteiger partial charge in [-0.3, -0.25) is 4.79 Å². The van der Waals surface area contributed by atoms with Crippen molar-refractivity contribution in [2.75, 3.05) is 0 Å². The van der Waals surface area contributed by atoms with Crippen molar-refractivity contribution in [1.29, 1.82) is 0 Å². The number of carbonyl (C=O) groups is 1. The molecule has 2 aromatic rings. The lowest BCUT2D eigenvalue weighted by Gasteiger charge is -2.06. The molecule has 0 aliphatic carbocycles. The quantitative estimate of drug-likeness (QED) is 0.724. The van der Waals surface area contributed by atoms with Crippen LogP contribution >= 0.6 is 0 Å². The Labute approximate surface area is 102 Å². The number of rotatable bonds is 4. The first kappa shape index (κ1) is 11.6. The van der Waals surface area contributed by atoms with E-state index in [0.29, 0.717) is 6.42 Å². The molecule has 0 bridgehead atoms. The van der Waals surface area contributed by atoms with Crippen LogP contribution in [0.25, 0.3) is 0 Å². The van der Waals surface area contributed by atoms with Crippen LogP contribution in [0.4, 0.5) is 0 Å². The summed E-state index contributed by atoms with van der Waals surface area (Å²) < 4.78 is 0. The molecular formula is C16H16O. The fourth-order valence-electron chi connectivity index (χ4n) is 1.97. The van der Waals surface area contributed by atoms with Crippen molar-refractivity contribution in [3.63, 3.8) is 0 Å². The summed E-state index contributed by atoms with van der Waals surface area (Å²) in [7, 11) is 0. The molecule has 0 radical (unpaired) electrons. The fraction of sp³-hybridized carbons (Fsp3) is 0.188. The van der Waals surface area contributed by atoms with Gasteiger partial charge in [-0.15, -0.1) is 0 Å². The van der Waals surface area contributed by atoms with E-state index in [4.69, 9.17) is 0 Å². The second-order valence-corrected chi connectivity index (χ2v) is 4.09. The van der Waals surface area contributed by atoms with Gasteiger partial charge in [0, 0.05) is 12.0 Å². The van der Waals surface area contributed by atoms with E-state index in [1.54, 1.807) is 0 Å². The summed E-state index contributed by atoms with van der Waals surface area (Å²) in [5, 5.41) is 0. The molecule has 2 aromatic carbocycles. The van der Waals surface area contributed by atoms with Crippen molar-refractivity contribution in [3.8, 4) is 0 Å². The first-order valence-corrected chi connectivity index (χ1v) is 5.96. The number of Topliss-reactive ketones (excluding diaryl/α,β-unsaturated/α-hetero) is 1. The molecule has 0 spiro atoms. The molecule has 0 saturated carbocycles. The summed E-state index contributed by atoms with van der Waals surface area (Å²) in [5.41, 5.74) is 3.19. The smallest absolute Gasteiger partial charge is 0.167 e. The van der Waals surface area contributed by atoms with Gasteiger partial charge in [0.05, 0.1) is 0 Å². The first-order valence-electron chi connectivity index (χ1n) is 5.96. The van der Waals surface area contributed by atoms with Gasteiger partial charge in [-0.05, 0) is 17.5 Å². The largest absolute Gasteiger partial charge is 0.294 e. The minimum Gasteiger partial charge on any atom is -0.294 e. The van der Waals surface area contributed by atoms with Crippen molar-refractivity contribution in [2.24, 2.45) is 0 Å². The highest BCUT2D eigenvalue weighted by Gasteiger charge is 2.08. The fourth-order valence-corrected chi connectivity index (χ4v) is 1.97. The molecular weight excluding hydrogens is 208 g/mol. The van der Waals surface area contributed by atoms with Gasteiger partial charge in [0.1, 0.15) is 0 Å². The zero-order valence-corrected chi connectivity index (χ0v) is 10.0. The number of ketones is 1. The molecule has 0 heterocycles. The van der Waals surface area contributed by atoms with Crippen molar-refractivity contribution in [2.45, 2.75) is 19.8 Å². The lowest BCUT2D eigenvalue weighted by atomic mass is 9.98. The molecule has 1 heteroatoms. The Morgan fingerprint density at radius 3 is 2.12 bits per heavy atom. The van der Waals surface area contributed by atoms with Crippen molar-refractivity contribution >= 4 is 5.78 Å². The summed E-state index contributed by atoms with van der Waals surface area (Å²) in [4.78, 5) is 12.1. The molecule has 0 N–H and O–H groups in total. The average Bonchev–Trinajstić information content (AvgIpc) is 2.40. The molecule has 2 rings (SSSR count). The van der Waals surface area contributed by atoms with Gasteiger partial charge >= 0.3 is 0 Å². The number of benzene rings is 2. The van der Waals surface area contributed by atoms with Gasteiger partial charge in [0.2, 0.25) is 0 Å². The minimum atomic E-state index is 0.187. The Hall–Kier alpha value is -1.89. The molecule has 0 atom stereocenters. The number of hydrogen-bond donors (Lipinski definition) is 0. The van der Waals surface area contributed by atoms with E-state index in [-0.39, 0.29) is 5.78 Å². The van der Waals surface area contributed by atoms with Gasteiger partial charge < -0.3 is 0 Å². The second kappa shape index (κ2) is 5.44. The van der Waals surface area contributed by atoms with E-state index in [9.17, 15) is 4.79 Å². The van der Waals surface area contributed by atoms with Crippen LogP contribution in [0, 0.1) is 0 Å². The number of hydrogen-bond acceptors (Lipinski definition) is 1. The van der Waals surface area contributed by atoms with Crippen LogP contribution in [0.15, 0.2) is 54.6 Å². The molecule has 0 saturated heterocycles. The molecule has 0 aliphatic rings. The maximum Gasteiger partial charge on any atom is 0.167 e. The molecule has 0 unspecified atom stereocenters. The van der Waals surface area contributed by atoms with Crippen LogP contribution in [0.3, 0.4) is 0 Å². The SMILES string of the molecule is CCc1ccccc1CC(=O)c1ccccc1. The van der Waals surface area contributed by atoms with Gasteiger partial charge in [-0.2, -0.15) is 0 Å². The predicted octanol–water partition coefficient (Wildman–Crippen LogP) is 3.67. The second-order valence-electron chi connectivity index (χ2n) is 4.09.